The SMILES string of the molecule is Cn1cnnc1CCNC(=O)c1ccc2nc[nH]c2c1. The van der Waals surface area contributed by atoms with Gasteiger partial charge in [0, 0.05) is 25.6 Å². The highest BCUT2D eigenvalue weighted by atomic mass is 16.1. The Kier molecular flexibility index (Phi) is 3.16. The van der Waals surface area contributed by atoms with E-state index in [0.717, 1.165) is 16.9 Å². The second kappa shape index (κ2) is 5.12. The number of nitrogens with zero attached hydrogens (tertiary/aromatic N) is 4. The minimum absolute atomic E-state index is 0.108. The fraction of sp³-hybridized carbons (Fsp3) is 0.231. The van der Waals surface area contributed by atoms with Gasteiger partial charge in [0.15, 0.2) is 0 Å². The molecule has 2 aromatic heterocycles. The van der Waals surface area contributed by atoms with Crippen molar-refractivity contribution < 1.29 is 4.79 Å². The van der Waals surface area contributed by atoms with Gasteiger partial charge in [-0.2, -0.15) is 0 Å². The zero-order valence-corrected chi connectivity index (χ0v) is 11.0. The van der Waals surface area contributed by atoms with Crippen LogP contribution in [0, 0.1) is 0 Å². The van der Waals surface area contributed by atoms with Crippen LogP contribution in [0.4, 0.5) is 0 Å². The Morgan fingerprint density at radius 3 is 3.15 bits per heavy atom. The minimum Gasteiger partial charge on any atom is -0.352 e. The number of nitrogens with one attached hydrogen (secondary N) is 2. The summed E-state index contributed by atoms with van der Waals surface area (Å²) < 4.78 is 1.84. The zero-order chi connectivity index (χ0) is 13.9. The predicted molar refractivity (Wildman–Crippen MR) is 73.1 cm³/mol. The molecule has 20 heavy (non-hydrogen) atoms. The van der Waals surface area contributed by atoms with Crippen molar-refractivity contribution in [3.63, 3.8) is 0 Å². The Morgan fingerprint density at radius 1 is 1.45 bits per heavy atom. The molecule has 3 aromatic rings. The highest BCUT2D eigenvalue weighted by Gasteiger charge is 2.07. The number of benzene rings is 1. The average molecular weight is 270 g/mol. The first-order valence-electron chi connectivity index (χ1n) is 6.28. The Hall–Kier alpha value is -2.70. The van der Waals surface area contributed by atoms with Crippen molar-refractivity contribution in [2.45, 2.75) is 6.42 Å². The van der Waals surface area contributed by atoms with Crippen molar-refractivity contribution in [3.8, 4) is 0 Å². The number of aromatic nitrogens is 5. The summed E-state index contributed by atoms with van der Waals surface area (Å²) in [5.74, 6) is 0.734. The number of amides is 1. The molecule has 7 heteroatoms. The maximum atomic E-state index is 12.0. The van der Waals surface area contributed by atoms with Crippen molar-refractivity contribution in [1.29, 1.82) is 0 Å². The standard InChI is InChI=1S/C13H14N6O/c1-19-8-17-18-12(19)4-5-14-13(20)9-2-3-10-11(6-9)16-7-15-10/h2-3,6-8H,4-5H2,1H3,(H,14,20)(H,15,16). The quantitative estimate of drug-likeness (QED) is 0.729. The molecular formula is C13H14N6O. The summed E-state index contributed by atoms with van der Waals surface area (Å²) in [6.07, 6.45) is 3.90. The third-order valence-electron chi connectivity index (χ3n) is 3.12. The molecule has 2 heterocycles. The molecule has 0 unspecified atom stereocenters. The van der Waals surface area contributed by atoms with E-state index in [0.29, 0.717) is 18.5 Å². The second-order valence-electron chi connectivity index (χ2n) is 4.50. The normalized spacial score (nSPS) is 10.8. The molecule has 0 saturated carbocycles. The summed E-state index contributed by atoms with van der Waals surface area (Å²) in [7, 11) is 1.88. The molecule has 0 atom stereocenters. The first-order valence-corrected chi connectivity index (χ1v) is 6.28. The van der Waals surface area contributed by atoms with E-state index in [2.05, 4.69) is 25.5 Å². The van der Waals surface area contributed by atoms with Crippen LogP contribution >= 0.6 is 0 Å². The number of aromatic amines is 1. The van der Waals surface area contributed by atoms with E-state index >= 15 is 0 Å². The summed E-state index contributed by atoms with van der Waals surface area (Å²) in [6, 6.07) is 5.38. The summed E-state index contributed by atoms with van der Waals surface area (Å²) in [5, 5.41) is 10.6. The number of rotatable bonds is 4. The molecule has 0 radical (unpaired) electrons. The Balaban J connectivity index is 1.62. The molecular weight excluding hydrogens is 256 g/mol. The van der Waals surface area contributed by atoms with Gasteiger partial charge >= 0.3 is 0 Å². The van der Waals surface area contributed by atoms with Crippen LogP contribution in [-0.4, -0.2) is 37.2 Å². The number of imidazole rings is 1. The van der Waals surface area contributed by atoms with Crippen LogP contribution in [-0.2, 0) is 13.5 Å². The minimum atomic E-state index is -0.108. The summed E-state index contributed by atoms with van der Waals surface area (Å²) in [4.78, 5) is 19.1. The van der Waals surface area contributed by atoms with Gasteiger partial charge < -0.3 is 14.9 Å². The Morgan fingerprint density at radius 2 is 2.35 bits per heavy atom. The topological polar surface area (TPSA) is 88.5 Å². The number of hydrogen-bond donors (Lipinski definition) is 2. The molecule has 0 spiro atoms. The fourth-order valence-corrected chi connectivity index (χ4v) is 2.00. The van der Waals surface area contributed by atoms with Gasteiger partial charge in [0.2, 0.25) is 0 Å². The van der Waals surface area contributed by atoms with Crippen molar-refractivity contribution in [3.05, 3.63) is 42.2 Å². The van der Waals surface area contributed by atoms with Gasteiger partial charge in [-0.05, 0) is 18.2 Å². The maximum Gasteiger partial charge on any atom is 0.251 e. The summed E-state index contributed by atoms with van der Waals surface area (Å²) >= 11 is 0. The molecule has 0 bridgehead atoms. The third kappa shape index (κ3) is 2.37. The molecule has 0 aliphatic carbocycles. The lowest BCUT2D eigenvalue weighted by atomic mass is 10.2. The first kappa shape index (κ1) is 12.3. The summed E-state index contributed by atoms with van der Waals surface area (Å²) in [5.41, 5.74) is 2.31. The molecule has 102 valence electrons. The lowest BCUT2D eigenvalue weighted by molar-refractivity contribution is 0.0954. The van der Waals surface area contributed by atoms with Gasteiger partial charge in [0.05, 0.1) is 17.4 Å². The molecule has 1 amide bonds. The highest BCUT2D eigenvalue weighted by Crippen LogP contribution is 2.11. The largest absolute Gasteiger partial charge is 0.352 e. The van der Waals surface area contributed by atoms with Crippen molar-refractivity contribution in [1.82, 2.24) is 30.0 Å². The van der Waals surface area contributed by atoms with Crippen molar-refractivity contribution >= 4 is 16.9 Å². The van der Waals surface area contributed by atoms with Crippen LogP contribution in [0.15, 0.2) is 30.9 Å². The number of aryl methyl sites for hydroxylation is 1. The summed E-state index contributed by atoms with van der Waals surface area (Å²) in [6.45, 7) is 0.520. The number of H-pyrrole nitrogens is 1. The fourth-order valence-electron chi connectivity index (χ4n) is 2.00. The molecule has 1 aromatic carbocycles. The van der Waals surface area contributed by atoms with E-state index in [1.807, 2.05) is 17.7 Å². The smallest absolute Gasteiger partial charge is 0.251 e. The highest BCUT2D eigenvalue weighted by molar-refractivity contribution is 5.97. The second-order valence-corrected chi connectivity index (χ2v) is 4.50. The van der Waals surface area contributed by atoms with E-state index < -0.39 is 0 Å². The van der Waals surface area contributed by atoms with Crippen molar-refractivity contribution in [2.24, 2.45) is 7.05 Å². The van der Waals surface area contributed by atoms with Crippen molar-refractivity contribution in [2.75, 3.05) is 6.54 Å². The first-order chi connectivity index (χ1) is 9.74. The van der Waals surface area contributed by atoms with Crippen LogP contribution in [0.25, 0.3) is 11.0 Å². The van der Waals surface area contributed by atoms with Gasteiger partial charge in [-0.1, -0.05) is 0 Å². The molecule has 2 N–H and O–H groups in total. The van der Waals surface area contributed by atoms with Crippen LogP contribution in [0.2, 0.25) is 0 Å². The Bertz CT molecular complexity index is 744. The van der Waals surface area contributed by atoms with Crippen LogP contribution in [0.5, 0.6) is 0 Å². The van der Waals surface area contributed by atoms with Crippen LogP contribution in [0.1, 0.15) is 16.2 Å². The maximum absolute atomic E-state index is 12.0. The molecule has 0 saturated heterocycles. The van der Waals surface area contributed by atoms with E-state index in [-0.39, 0.29) is 5.91 Å². The van der Waals surface area contributed by atoms with Gasteiger partial charge in [0.25, 0.3) is 5.91 Å². The Labute approximate surface area is 115 Å². The molecule has 0 aliphatic heterocycles. The average Bonchev–Trinajstić information content (AvgIpc) is 3.07. The van der Waals surface area contributed by atoms with E-state index in [1.54, 1.807) is 24.8 Å². The zero-order valence-electron chi connectivity index (χ0n) is 11.0. The number of carbonyl (C=O) groups excluding carboxylic acids is 1. The number of carbonyl (C=O) groups is 1. The molecule has 0 aliphatic rings. The third-order valence-corrected chi connectivity index (χ3v) is 3.12. The monoisotopic (exact) mass is 270 g/mol. The van der Waals surface area contributed by atoms with Crippen LogP contribution < -0.4 is 5.32 Å². The van der Waals surface area contributed by atoms with Gasteiger partial charge in [-0.3, -0.25) is 4.79 Å². The molecule has 3 rings (SSSR count). The molecule has 0 fully saturated rings. The van der Waals surface area contributed by atoms with Gasteiger partial charge in [-0.15, -0.1) is 10.2 Å². The van der Waals surface area contributed by atoms with Gasteiger partial charge in [0.1, 0.15) is 12.2 Å². The predicted octanol–water partition coefficient (Wildman–Crippen LogP) is 0.664. The van der Waals surface area contributed by atoms with Gasteiger partial charge in [-0.25, -0.2) is 4.98 Å². The van der Waals surface area contributed by atoms with E-state index in [9.17, 15) is 4.79 Å². The van der Waals surface area contributed by atoms with E-state index in [4.69, 9.17) is 0 Å². The number of hydrogen-bond acceptors (Lipinski definition) is 4. The number of fused-ring (bicyclic) bond motifs is 1. The lowest BCUT2D eigenvalue weighted by Gasteiger charge is -2.05. The molecule has 7 nitrogen and oxygen atoms in total. The van der Waals surface area contributed by atoms with E-state index in [1.165, 1.54) is 0 Å². The lowest BCUT2D eigenvalue weighted by Crippen LogP contribution is -2.26. The van der Waals surface area contributed by atoms with Crippen LogP contribution in [0.3, 0.4) is 0 Å².